The van der Waals surface area contributed by atoms with Gasteiger partial charge in [-0.25, -0.2) is 0 Å². The van der Waals surface area contributed by atoms with E-state index in [2.05, 4.69) is 17.1 Å². The maximum atomic E-state index is 11.7. The van der Waals surface area contributed by atoms with Gasteiger partial charge in [0.05, 0.1) is 13.0 Å². The summed E-state index contributed by atoms with van der Waals surface area (Å²) < 4.78 is 4.91. The van der Waals surface area contributed by atoms with Gasteiger partial charge >= 0.3 is 5.97 Å². The van der Waals surface area contributed by atoms with Gasteiger partial charge in [-0.05, 0) is 44.7 Å². The van der Waals surface area contributed by atoms with Gasteiger partial charge in [-0.1, -0.05) is 6.92 Å². The predicted octanol–water partition coefficient (Wildman–Crippen LogP) is 1.26. The number of carbonyl (C=O) groups is 1. The van der Waals surface area contributed by atoms with Crippen LogP contribution in [0.5, 0.6) is 0 Å². The van der Waals surface area contributed by atoms with E-state index in [4.69, 9.17) is 4.74 Å². The van der Waals surface area contributed by atoms with E-state index < -0.39 is 0 Å². The summed E-state index contributed by atoms with van der Waals surface area (Å²) in [7, 11) is 1.49. The van der Waals surface area contributed by atoms with Crippen molar-refractivity contribution in [2.45, 2.75) is 38.6 Å². The van der Waals surface area contributed by atoms with Crippen molar-refractivity contribution in [2.75, 3.05) is 33.3 Å². The number of likely N-dealkylation sites (tertiary alicyclic amines) is 1. The van der Waals surface area contributed by atoms with Crippen LogP contribution in [0.3, 0.4) is 0 Å². The maximum Gasteiger partial charge on any atom is 0.310 e. The molecular weight excluding hydrogens is 228 g/mol. The summed E-state index contributed by atoms with van der Waals surface area (Å²) in [6.07, 6.45) is 4.82. The Balaban J connectivity index is 1.85. The maximum absolute atomic E-state index is 11.7. The summed E-state index contributed by atoms with van der Waals surface area (Å²) in [5.74, 6) is 0.893. The van der Waals surface area contributed by atoms with Crippen molar-refractivity contribution in [3.8, 4) is 0 Å². The fourth-order valence-corrected chi connectivity index (χ4v) is 2.83. The fraction of sp³-hybridized carbons (Fsp3) is 0.929. The highest BCUT2D eigenvalue weighted by molar-refractivity contribution is 5.72. The lowest BCUT2D eigenvalue weighted by Crippen LogP contribution is -2.51. The van der Waals surface area contributed by atoms with Crippen LogP contribution in [0.2, 0.25) is 0 Å². The van der Waals surface area contributed by atoms with Crippen molar-refractivity contribution in [1.29, 1.82) is 0 Å². The first kappa shape index (κ1) is 13.8. The number of piperidine rings is 1. The van der Waals surface area contributed by atoms with Gasteiger partial charge in [0.1, 0.15) is 0 Å². The van der Waals surface area contributed by atoms with Crippen molar-refractivity contribution in [2.24, 2.45) is 11.8 Å². The van der Waals surface area contributed by atoms with Crippen molar-refractivity contribution in [3.63, 3.8) is 0 Å². The number of ether oxygens (including phenoxy) is 1. The highest BCUT2D eigenvalue weighted by Crippen LogP contribution is 2.28. The number of esters is 1. The molecule has 1 N–H and O–H groups in total. The Kier molecular flexibility index (Phi) is 5.01. The quantitative estimate of drug-likeness (QED) is 0.725. The second-order valence-corrected chi connectivity index (χ2v) is 5.76. The molecule has 4 nitrogen and oxygen atoms in total. The molecular formula is C14H26N2O2. The van der Waals surface area contributed by atoms with E-state index in [-0.39, 0.29) is 11.9 Å². The summed E-state index contributed by atoms with van der Waals surface area (Å²) in [5.41, 5.74) is 0. The van der Waals surface area contributed by atoms with Crippen molar-refractivity contribution >= 4 is 5.97 Å². The molecule has 18 heavy (non-hydrogen) atoms. The summed E-state index contributed by atoms with van der Waals surface area (Å²) in [4.78, 5) is 14.1. The van der Waals surface area contributed by atoms with Crippen LogP contribution in [0.25, 0.3) is 0 Å². The third-order valence-corrected chi connectivity index (χ3v) is 3.99. The van der Waals surface area contributed by atoms with Gasteiger partial charge in [0, 0.05) is 19.1 Å². The highest BCUT2D eigenvalue weighted by Gasteiger charge is 2.32. The Morgan fingerprint density at radius 3 is 2.78 bits per heavy atom. The average Bonchev–Trinajstić information content (AvgIpc) is 3.19. The van der Waals surface area contributed by atoms with Crippen molar-refractivity contribution in [3.05, 3.63) is 0 Å². The van der Waals surface area contributed by atoms with E-state index in [1.165, 1.54) is 20.0 Å². The van der Waals surface area contributed by atoms with Crippen LogP contribution in [0.1, 0.15) is 32.6 Å². The second kappa shape index (κ2) is 6.53. The molecule has 2 atom stereocenters. The molecule has 0 bridgehead atoms. The number of rotatable bonds is 6. The molecule has 0 aromatic carbocycles. The SMILES string of the molecule is CCCN1CC(NCC2CC2)CC(C(=O)OC)C1. The first-order chi connectivity index (χ1) is 8.72. The molecule has 1 aliphatic heterocycles. The lowest BCUT2D eigenvalue weighted by atomic mass is 9.94. The molecule has 104 valence electrons. The summed E-state index contributed by atoms with van der Waals surface area (Å²) in [6.45, 7) is 6.33. The minimum atomic E-state index is -0.0472. The Hall–Kier alpha value is -0.610. The summed E-state index contributed by atoms with van der Waals surface area (Å²) >= 11 is 0. The van der Waals surface area contributed by atoms with Crippen molar-refractivity contribution < 1.29 is 9.53 Å². The Morgan fingerprint density at radius 2 is 2.17 bits per heavy atom. The molecule has 0 aromatic rings. The number of carbonyl (C=O) groups excluding carboxylic acids is 1. The fourth-order valence-electron chi connectivity index (χ4n) is 2.83. The molecule has 0 spiro atoms. The number of hydrogen-bond donors (Lipinski definition) is 1. The molecule has 4 heteroatoms. The predicted molar refractivity (Wildman–Crippen MR) is 71.4 cm³/mol. The summed E-state index contributed by atoms with van der Waals surface area (Å²) in [5, 5.41) is 3.63. The van der Waals surface area contributed by atoms with Crippen LogP contribution >= 0.6 is 0 Å². The first-order valence-corrected chi connectivity index (χ1v) is 7.26. The molecule has 1 aliphatic carbocycles. The Labute approximate surface area is 110 Å². The van der Waals surface area contributed by atoms with Gasteiger partial charge in [0.25, 0.3) is 0 Å². The number of hydrogen-bond acceptors (Lipinski definition) is 4. The molecule has 1 heterocycles. The molecule has 1 saturated carbocycles. The molecule has 0 aromatic heterocycles. The van der Waals surface area contributed by atoms with Gasteiger partial charge in [0.15, 0.2) is 0 Å². The van der Waals surface area contributed by atoms with Gasteiger partial charge < -0.3 is 15.0 Å². The molecule has 2 unspecified atom stereocenters. The smallest absolute Gasteiger partial charge is 0.310 e. The van der Waals surface area contributed by atoms with E-state index in [0.717, 1.165) is 44.9 Å². The zero-order chi connectivity index (χ0) is 13.0. The second-order valence-electron chi connectivity index (χ2n) is 5.76. The highest BCUT2D eigenvalue weighted by atomic mass is 16.5. The van der Waals surface area contributed by atoms with Crippen LogP contribution in [-0.4, -0.2) is 50.2 Å². The van der Waals surface area contributed by atoms with Crippen LogP contribution in [0, 0.1) is 11.8 Å². The van der Waals surface area contributed by atoms with E-state index in [1.54, 1.807) is 0 Å². The van der Waals surface area contributed by atoms with Gasteiger partial charge in [-0.3, -0.25) is 4.79 Å². The van der Waals surface area contributed by atoms with Gasteiger partial charge in [-0.15, -0.1) is 0 Å². The Morgan fingerprint density at radius 1 is 1.39 bits per heavy atom. The number of nitrogens with zero attached hydrogens (tertiary/aromatic N) is 1. The molecule has 2 aliphatic rings. The van der Waals surface area contributed by atoms with E-state index in [1.807, 2.05) is 0 Å². The van der Waals surface area contributed by atoms with E-state index in [0.29, 0.717) is 6.04 Å². The molecule has 2 fully saturated rings. The standard InChI is InChI=1S/C14H26N2O2/c1-3-6-16-9-12(14(17)18-2)7-13(10-16)15-8-11-4-5-11/h11-13,15H,3-10H2,1-2H3. The van der Waals surface area contributed by atoms with Crippen LogP contribution in [-0.2, 0) is 9.53 Å². The van der Waals surface area contributed by atoms with Crippen molar-refractivity contribution in [1.82, 2.24) is 10.2 Å². The number of nitrogens with one attached hydrogen (secondary N) is 1. The van der Waals surface area contributed by atoms with Gasteiger partial charge in [0.2, 0.25) is 0 Å². The lowest BCUT2D eigenvalue weighted by Gasteiger charge is -2.37. The third kappa shape index (κ3) is 3.95. The minimum absolute atomic E-state index is 0.0472. The Bertz CT molecular complexity index is 279. The van der Waals surface area contributed by atoms with Crippen LogP contribution in [0.4, 0.5) is 0 Å². The molecule has 0 amide bonds. The van der Waals surface area contributed by atoms with E-state index >= 15 is 0 Å². The topological polar surface area (TPSA) is 41.6 Å². The average molecular weight is 254 g/mol. The monoisotopic (exact) mass is 254 g/mol. The lowest BCUT2D eigenvalue weighted by molar-refractivity contribution is -0.147. The number of methoxy groups -OCH3 is 1. The summed E-state index contributed by atoms with van der Waals surface area (Å²) in [6, 6.07) is 0.454. The minimum Gasteiger partial charge on any atom is -0.469 e. The molecule has 1 saturated heterocycles. The molecule has 0 radical (unpaired) electrons. The zero-order valence-corrected chi connectivity index (χ0v) is 11.7. The van der Waals surface area contributed by atoms with E-state index in [9.17, 15) is 4.79 Å². The zero-order valence-electron chi connectivity index (χ0n) is 11.7. The normalized spacial score (nSPS) is 29.2. The van der Waals surface area contributed by atoms with Crippen LogP contribution in [0.15, 0.2) is 0 Å². The third-order valence-electron chi connectivity index (χ3n) is 3.99. The largest absolute Gasteiger partial charge is 0.469 e. The first-order valence-electron chi connectivity index (χ1n) is 7.26. The van der Waals surface area contributed by atoms with Crippen LogP contribution < -0.4 is 5.32 Å². The molecule has 2 rings (SSSR count). The van der Waals surface area contributed by atoms with Gasteiger partial charge in [-0.2, -0.15) is 0 Å².